The first-order valence-electron chi connectivity index (χ1n) is 5.35. The maximum atomic E-state index is 4.31. The van der Waals surface area contributed by atoms with Crippen molar-refractivity contribution in [1.29, 1.82) is 0 Å². The molecule has 1 radical (unpaired) electrons. The fourth-order valence-electron chi connectivity index (χ4n) is 1.71. The van der Waals surface area contributed by atoms with E-state index in [4.69, 9.17) is 0 Å². The Kier molecular flexibility index (Phi) is 5.37. The lowest BCUT2D eigenvalue weighted by molar-refractivity contribution is 0.387. The molecule has 1 aliphatic rings. The maximum absolute atomic E-state index is 4.31. The van der Waals surface area contributed by atoms with Gasteiger partial charge in [-0.05, 0) is 19.3 Å². The Labute approximate surface area is 76.1 Å². The zero-order valence-corrected chi connectivity index (χ0v) is 8.18. The largest absolute Gasteiger partial charge is 0.237 e. The second-order valence-corrected chi connectivity index (χ2v) is 3.70. The molecular weight excluding hydrogens is 148 g/mol. The van der Waals surface area contributed by atoms with E-state index in [0.717, 1.165) is 13.0 Å². The van der Waals surface area contributed by atoms with Gasteiger partial charge in [-0.15, -0.1) is 0 Å². The van der Waals surface area contributed by atoms with Gasteiger partial charge in [0.1, 0.15) is 0 Å². The van der Waals surface area contributed by atoms with Crippen LogP contribution in [0.1, 0.15) is 51.9 Å². The van der Waals surface area contributed by atoms with E-state index in [0.29, 0.717) is 6.04 Å². The molecule has 2 nitrogen and oxygen atoms in total. The Morgan fingerprint density at radius 1 is 1.17 bits per heavy atom. The molecule has 1 aliphatic carbocycles. The normalized spacial score (nSPS) is 20.8. The summed E-state index contributed by atoms with van der Waals surface area (Å²) in [5, 5.41) is 0. The minimum atomic E-state index is 0.680. The minimum Gasteiger partial charge on any atom is -0.237 e. The number of hydrogen-bond donors (Lipinski definition) is 1. The first-order chi connectivity index (χ1) is 5.93. The van der Waals surface area contributed by atoms with Crippen molar-refractivity contribution in [3.63, 3.8) is 0 Å². The molecule has 12 heavy (non-hydrogen) atoms. The van der Waals surface area contributed by atoms with Crippen LogP contribution in [0.25, 0.3) is 0 Å². The fraction of sp³-hybridized carbons (Fsp3) is 1.00. The molecule has 2 heteroatoms. The van der Waals surface area contributed by atoms with Crippen LogP contribution in [0.5, 0.6) is 0 Å². The van der Waals surface area contributed by atoms with E-state index in [2.05, 4.69) is 17.8 Å². The molecule has 0 aromatic heterocycles. The summed E-state index contributed by atoms with van der Waals surface area (Å²) < 4.78 is 0. The molecule has 0 aliphatic heterocycles. The zero-order valence-electron chi connectivity index (χ0n) is 8.18. The van der Waals surface area contributed by atoms with Gasteiger partial charge in [0.05, 0.1) is 0 Å². The zero-order chi connectivity index (χ0) is 8.65. The standard InChI is InChI=1S/C10H21N2/c1-2-9-11-12-10-7-5-3-4-6-8-10/h10,12H,2-9H2,1H3. The first-order valence-corrected chi connectivity index (χ1v) is 5.35. The highest BCUT2D eigenvalue weighted by Gasteiger charge is 2.10. The van der Waals surface area contributed by atoms with Crippen LogP contribution in [0, 0.1) is 0 Å². The van der Waals surface area contributed by atoms with Crippen LogP contribution in [-0.4, -0.2) is 12.6 Å². The molecule has 0 amide bonds. The topological polar surface area (TPSA) is 26.1 Å². The molecule has 0 bridgehead atoms. The van der Waals surface area contributed by atoms with Crippen LogP contribution < -0.4 is 10.9 Å². The van der Waals surface area contributed by atoms with E-state index in [-0.39, 0.29) is 0 Å². The van der Waals surface area contributed by atoms with E-state index < -0.39 is 0 Å². The molecule has 1 rings (SSSR count). The summed E-state index contributed by atoms with van der Waals surface area (Å²) in [6, 6.07) is 0.680. The average Bonchev–Trinajstić information content (AvgIpc) is 2.33. The molecule has 0 unspecified atom stereocenters. The summed E-state index contributed by atoms with van der Waals surface area (Å²) in [7, 11) is 0. The molecule has 0 saturated heterocycles. The lowest BCUT2D eigenvalue weighted by Gasteiger charge is -2.14. The second-order valence-electron chi connectivity index (χ2n) is 3.70. The molecule has 1 saturated carbocycles. The highest BCUT2D eigenvalue weighted by molar-refractivity contribution is 4.68. The fourth-order valence-corrected chi connectivity index (χ4v) is 1.71. The lowest BCUT2D eigenvalue weighted by Crippen LogP contribution is -2.35. The molecule has 71 valence electrons. The van der Waals surface area contributed by atoms with Gasteiger partial charge in [-0.2, -0.15) is 5.43 Å². The van der Waals surface area contributed by atoms with E-state index >= 15 is 0 Å². The van der Waals surface area contributed by atoms with Gasteiger partial charge in [-0.1, -0.05) is 32.6 Å². The van der Waals surface area contributed by atoms with Crippen LogP contribution in [-0.2, 0) is 0 Å². The van der Waals surface area contributed by atoms with Crippen molar-refractivity contribution in [3.05, 3.63) is 0 Å². The predicted octanol–water partition coefficient (Wildman–Crippen LogP) is 2.23. The summed E-state index contributed by atoms with van der Waals surface area (Å²) in [5.74, 6) is 0. The van der Waals surface area contributed by atoms with Crippen LogP contribution >= 0.6 is 0 Å². The third kappa shape index (κ3) is 4.07. The van der Waals surface area contributed by atoms with Crippen LogP contribution in [0.2, 0.25) is 0 Å². The van der Waals surface area contributed by atoms with Crippen molar-refractivity contribution < 1.29 is 0 Å². The van der Waals surface area contributed by atoms with Gasteiger partial charge in [0.15, 0.2) is 0 Å². The number of nitrogens with one attached hydrogen (secondary N) is 1. The van der Waals surface area contributed by atoms with Crippen molar-refractivity contribution >= 4 is 0 Å². The van der Waals surface area contributed by atoms with E-state index in [1.54, 1.807) is 0 Å². The Morgan fingerprint density at radius 3 is 2.42 bits per heavy atom. The van der Waals surface area contributed by atoms with Gasteiger partial charge < -0.3 is 0 Å². The third-order valence-electron chi connectivity index (χ3n) is 2.46. The Balaban J connectivity index is 2.04. The van der Waals surface area contributed by atoms with Gasteiger partial charge in [0.25, 0.3) is 0 Å². The molecule has 0 atom stereocenters. The summed E-state index contributed by atoms with van der Waals surface area (Å²) in [5.41, 5.74) is 7.59. The number of hydrogen-bond acceptors (Lipinski definition) is 1. The maximum Gasteiger partial charge on any atom is 0.0301 e. The Morgan fingerprint density at radius 2 is 1.83 bits per heavy atom. The average molecular weight is 169 g/mol. The van der Waals surface area contributed by atoms with Crippen molar-refractivity contribution in [1.82, 2.24) is 10.9 Å². The van der Waals surface area contributed by atoms with Gasteiger partial charge in [-0.3, -0.25) is 0 Å². The highest BCUT2D eigenvalue weighted by Crippen LogP contribution is 2.16. The van der Waals surface area contributed by atoms with Gasteiger partial charge >= 0.3 is 0 Å². The van der Waals surface area contributed by atoms with Crippen LogP contribution in [0.3, 0.4) is 0 Å². The Hall–Kier alpha value is -0.0800. The molecule has 0 aromatic rings. The van der Waals surface area contributed by atoms with Gasteiger partial charge in [-0.25, -0.2) is 5.43 Å². The van der Waals surface area contributed by atoms with Crippen LogP contribution in [0.15, 0.2) is 0 Å². The van der Waals surface area contributed by atoms with E-state index in [1.165, 1.54) is 38.5 Å². The monoisotopic (exact) mass is 169 g/mol. The van der Waals surface area contributed by atoms with E-state index in [1.807, 2.05) is 0 Å². The van der Waals surface area contributed by atoms with Crippen molar-refractivity contribution in [3.8, 4) is 0 Å². The number of nitrogens with zero attached hydrogens (tertiary/aromatic N) is 1. The lowest BCUT2D eigenvalue weighted by atomic mass is 10.1. The summed E-state index contributed by atoms with van der Waals surface area (Å²) in [4.78, 5) is 0. The Bertz CT molecular complexity index is 96.0. The quantitative estimate of drug-likeness (QED) is 0.390. The molecule has 0 aromatic carbocycles. The summed E-state index contributed by atoms with van der Waals surface area (Å²) in [6.45, 7) is 3.13. The summed E-state index contributed by atoms with van der Waals surface area (Å²) >= 11 is 0. The molecule has 0 heterocycles. The van der Waals surface area contributed by atoms with Gasteiger partial charge in [0, 0.05) is 12.6 Å². The first kappa shape index (κ1) is 10.0. The molecule has 1 fully saturated rings. The minimum absolute atomic E-state index is 0.680. The van der Waals surface area contributed by atoms with Crippen molar-refractivity contribution in [2.24, 2.45) is 0 Å². The van der Waals surface area contributed by atoms with Crippen molar-refractivity contribution in [2.45, 2.75) is 57.9 Å². The van der Waals surface area contributed by atoms with E-state index in [9.17, 15) is 0 Å². The molecule has 0 spiro atoms. The highest BCUT2D eigenvalue weighted by atomic mass is 15.4. The smallest absolute Gasteiger partial charge is 0.0301 e. The SMILES string of the molecule is CCC[N]NC1CCCCCC1. The van der Waals surface area contributed by atoms with Crippen molar-refractivity contribution in [2.75, 3.05) is 6.54 Å². The van der Waals surface area contributed by atoms with Gasteiger partial charge in [0.2, 0.25) is 0 Å². The van der Waals surface area contributed by atoms with Crippen LogP contribution in [0.4, 0.5) is 0 Å². The molecular formula is C10H21N2. The predicted molar refractivity (Wildman–Crippen MR) is 51.9 cm³/mol. The molecule has 1 N–H and O–H groups in total. The second kappa shape index (κ2) is 6.44. The number of rotatable bonds is 4. The summed E-state index contributed by atoms with van der Waals surface area (Å²) in [6.07, 6.45) is 9.43. The third-order valence-corrected chi connectivity index (χ3v) is 2.46.